The Morgan fingerprint density at radius 1 is 1.33 bits per heavy atom. The molecule has 0 aliphatic rings. The van der Waals surface area contributed by atoms with Gasteiger partial charge in [0.25, 0.3) is 11.6 Å². The minimum absolute atomic E-state index is 0.0304. The number of H-pyrrole nitrogens is 1. The lowest BCUT2D eigenvalue weighted by molar-refractivity contribution is -0.384. The van der Waals surface area contributed by atoms with Crippen LogP contribution in [0.25, 0.3) is 10.9 Å². The summed E-state index contributed by atoms with van der Waals surface area (Å²) in [5.74, 6) is -0.159. The van der Waals surface area contributed by atoms with Crippen molar-refractivity contribution in [1.29, 1.82) is 0 Å². The third kappa shape index (κ3) is 1.92. The van der Waals surface area contributed by atoms with Crippen molar-refractivity contribution in [3.05, 3.63) is 39.6 Å². The number of rotatable bonds is 2. The summed E-state index contributed by atoms with van der Waals surface area (Å²) in [6.45, 7) is 1.77. The van der Waals surface area contributed by atoms with Crippen molar-refractivity contribution in [2.75, 3.05) is 14.1 Å². The number of aromatic nitrogens is 1. The van der Waals surface area contributed by atoms with E-state index in [0.29, 0.717) is 11.1 Å². The van der Waals surface area contributed by atoms with Crippen LogP contribution in [0.1, 0.15) is 16.1 Å². The zero-order chi connectivity index (χ0) is 13.4. The zero-order valence-electron chi connectivity index (χ0n) is 10.4. The van der Waals surface area contributed by atoms with E-state index in [9.17, 15) is 14.9 Å². The van der Waals surface area contributed by atoms with Crippen molar-refractivity contribution in [1.82, 2.24) is 9.88 Å². The van der Waals surface area contributed by atoms with E-state index in [1.807, 2.05) is 0 Å². The standard InChI is InChI=1S/C12H13N3O3/c1-7-4-9(15(17)18)5-8-6-10(13-11(7)8)12(16)14(2)3/h4-6,13H,1-3H3. The molecule has 0 aliphatic heterocycles. The highest BCUT2D eigenvalue weighted by atomic mass is 16.6. The average molecular weight is 247 g/mol. The fraction of sp³-hybridized carbons (Fsp3) is 0.250. The second-order valence-electron chi connectivity index (χ2n) is 4.37. The number of aryl methyl sites for hydroxylation is 1. The van der Waals surface area contributed by atoms with Crippen LogP contribution < -0.4 is 0 Å². The maximum absolute atomic E-state index is 11.8. The van der Waals surface area contributed by atoms with Gasteiger partial charge in [0.15, 0.2) is 0 Å². The summed E-state index contributed by atoms with van der Waals surface area (Å²) in [6, 6.07) is 4.59. The van der Waals surface area contributed by atoms with Gasteiger partial charge < -0.3 is 9.88 Å². The number of aromatic amines is 1. The molecule has 1 amide bonds. The Hall–Kier alpha value is -2.37. The van der Waals surface area contributed by atoms with Crippen molar-refractivity contribution in [3.63, 3.8) is 0 Å². The Morgan fingerprint density at radius 3 is 2.56 bits per heavy atom. The molecule has 0 bridgehead atoms. The molecule has 0 fully saturated rings. The largest absolute Gasteiger partial charge is 0.350 e. The minimum Gasteiger partial charge on any atom is -0.350 e. The monoisotopic (exact) mass is 247 g/mol. The fourth-order valence-corrected chi connectivity index (χ4v) is 1.87. The van der Waals surface area contributed by atoms with Crippen LogP contribution in [0, 0.1) is 17.0 Å². The van der Waals surface area contributed by atoms with E-state index in [1.54, 1.807) is 27.1 Å². The molecule has 0 saturated heterocycles. The summed E-state index contributed by atoms with van der Waals surface area (Å²) in [5.41, 5.74) is 1.96. The first-order valence-corrected chi connectivity index (χ1v) is 5.39. The van der Waals surface area contributed by atoms with Crippen LogP contribution in [0.2, 0.25) is 0 Å². The molecule has 0 atom stereocenters. The lowest BCUT2D eigenvalue weighted by Crippen LogP contribution is -2.21. The number of benzene rings is 1. The Kier molecular flexibility index (Phi) is 2.78. The van der Waals surface area contributed by atoms with Gasteiger partial charge in [-0.05, 0) is 18.6 Å². The maximum Gasteiger partial charge on any atom is 0.270 e. The van der Waals surface area contributed by atoms with Gasteiger partial charge in [0.1, 0.15) is 5.69 Å². The van der Waals surface area contributed by atoms with Crippen molar-refractivity contribution in [3.8, 4) is 0 Å². The number of hydrogen-bond donors (Lipinski definition) is 1. The Labute approximate surface area is 103 Å². The van der Waals surface area contributed by atoms with E-state index in [-0.39, 0.29) is 11.6 Å². The summed E-state index contributed by atoms with van der Waals surface area (Å²) in [5, 5.41) is 11.4. The highest BCUT2D eigenvalue weighted by molar-refractivity contribution is 5.99. The van der Waals surface area contributed by atoms with Crippen LogP contribution in [-0.2, 0) is 0 Å². The normalized spacial score (nSPS) is 10.6. The Balaban J connectivity index is 2.61. The van der Waals surface area contributed by atoms with Crippen LogP contribution in [0.5, 0.6) is 0 Å². The highest BCUT2D eigenvalue weighted by Gasteiger charge is 2.15. The second kappa shape index (κ2) is 4.14. The molecular weight excluding hydrogens is 234 g/mol. The molecule has 0 aliphatic carbocycles. The molecule has 1 aromatic heterocycles. The van der Waals surface area contributed by atoms with Gasteiger partial charge in [0.2, 0.25) is 0 Å². The smallest absolute Gasteiger partial charge is 0.270 e. The molecule has 0 saturated carbocycles. The number of nitrogens with one attached hydrogen (secondary N) is 1. The highest BCUT2D eigenvalue weighted by Crippen LogP contribution is 2.25. The molecule has 94 valence electrons. The van der Waals surface area contributed by atoms with Gasteiger partial charge in [0.05, 0.1) is 4.92 Å². The van der Waals surface area contributed by atoms with E-state index >= 15 is 0 Å². The zero-order valence-corrected chi connectivity index (χ0v) is 10.4. The van der Waals surface area contributed by atoms with Crippen molar-refractivity contribution >= 4 is 22.5 Å². The quantitative estimate of drug-likeness (QED) is 0.651. The molecule has 0 unspecified atom stereocenters. The number of carbonyl (C=O) groups excluding carboxylic acids is 1. The summed E-state index contributed by atoms with van der Waals surface area (Å²) >= 11 is 0. The van der Waals surface area contributed by atoms with E-state index in [4.69, 9.17) is 0 Å². The summed E-state index contributed by atoms with van der Waals surface area (Å²) in [4.78, 5) is 26.6. The third-order valence-corrected chi connectivity index (χ3v) is 2.76. The van der Waals surface area contributed by atoms with Crippen molar-refractivity contribution in [2.24, 2.45) is 0 Å². The predicted molar refractivity (Wildman–Crippen MR) is 67.7 cm³/mol. The number of nitro benzene ring substituents is 1. The minimum atomic E-state index is -0.438. The van der Waals surface area contributed by atoms with E-state index < -0.39 is 4.92 Å². The SMILES string of the molecule is Cc1cc([N+](=O)[O-])cc2cc(C(=O)N(C)C)[nH]c12. The van der Waals surface area contributed by atoms with Gasteiger partial charge in [0, 0.05) is 37.1 Å². The van der Waals surface area contributed by atoms with Gasteiger partial charge in [-0.2, -0.15) is 0 Å². The molecular formula is C12H13N3O3. The number of nitrogens with zero attached hydrogens (tertiary/aromatic N) is 2. The first-order valence-electron chi connectivity index (χ1n) is 5.39. The first kappa shape index (κ1) is 12.1. The van der Waals surface area contributed by atoms with E-state index in [0.717, 1.165) is 11.1 Å². The van der Waals surface area contributed by atoms with Gasteiger partial charge >= 0.3 is 0 Å². The van der Waals surface area contributed by atoms with Crippen LogP contribution in [0.15, 0.2) is 18.2 Å². The molecule has 6 heteroatoms. The van der Waals surface area contributed by atoms with Crippen LogP contribution in [0.3, 0.4) is 0 Å². The number of nitro groups is 1. The predicted octanol–water partition coefficient (Wildman–Crippen LogP) is 2.09. The second-order valence-corrected chi connectivity index (χ2v) is 4.37. The summed E-state index contributed by atoms with van der Waals surface area (Å²) < 4.78 is 0. The summed E-state index contributed by atoms with van der Waals surface area (Å²) in [7, 11) is 3.31. The molecule has 0 radical (unpaired) electrons. The van der Waals surface area contributed by atoms with Crippen molar-refractivity contribution in [2.45, 2.75) is 6.92 Å². The van der Waals surface area contributed by atoms with E-state index in [2.05, 4.69) is 4.98 Å². The molecule has 2 aromatic rings. The topological polar surface area (TPSA) is 79.2 Å². The molecule has 1 heterocycles. The number of fused-ring (bicyclic) bond motifs is 1. The first-order chi connectivity index (χ1) is 8.40. The van der Waals surface area contributed by atoms with Crippen LogP contribution >= 0.6 is 0 Å². The average Bonchev–Trinajstić information content (AvgIpc) is 2.71. The van der Waals surface area contributed by atoms with Gasteiger partial charge in [-0.15, -0.1) is 0 Å². The third-order valence-electron chi connectivity index (χ3n) is 2.76. The van der Waals surface area contributed by atoms with Crippen LogP contribution in [-0.4, -0.2) is 34.8 Å². The molecule has 1 N–H and O–H groups in total. The lowest BCUT2D eigenvalue weighted by Gasteiger charge is -2.07. The number of carbonyl (C=O) groups is 1. The molecule has 18 heavy (non-hydrogen) atoms. The molecule has 1 aromatic carbocycles. The Morgan fingerprint density at radius 2 is 2.00 bits per heavy atom. The lowest BCUT2D eigenvalue weighted by atomic mass is 10.1. The van der Waals surface area contributed by atoms with E-state index in [1.165, 1.54) is 17.0 Å². The maximum atomic E-state index is 11.8. The van der Waals surface area contributed by atoms with Crippen LogP contribution in [0.4, 0.5) is 5.69 Å². The van der Waals surface area contributed by atoms with Gasteiger partial charge in [-0.1, -0.05) is 0 Å². The fourth-order valence-electron chi connectivity index (χ4n) is 1.87. The van der Waals surface area contributed by atoms with Gasteiger partial charge in [-0.25, -0.2) is 0 Å². The molecule has 6 nitrogen and oxygen atoms in total. The van der Waals surface area contributed by atoms with Gasteiger partial charge in [-0.3, -0.25) is 14.9 Å². The Bertz CT molecular complexity index is 643. The number of amides is 1. The number of non-ortho nitro benzene ring substituents is 1. The molecule has 2 rings (SSSR count). The number of hydrogen-bond acceptors (Lipinski definition) is 3. The van der Waals surface area contributed by atoms with Crippen molar-refractivity contribution < 1.29 is 9.72 Å². The summed E-state index contributed by atoms with van der Waals surface area (Å²) in [6.07, 6.45) is 0. The molecule has 0 spiro atoms.